The highest BCUT2D eigenvalue weighted by Crippen LogP contribution is 2.30. The fraction of sp³-hybridized carbons (Fsp3) is 0.200. The van der Waals surface area contributed by atoms with E-state index in [1.165, 1.54) is 18.9 Å². The number of ether oxygens (including phenoxy) is 2. The van der Waals surface area contributed by atoms with E-state index in [1.807, 2.05) is 55.5 Å². The zero-order valence-electron chi connectivity index (χ0n) is 18.6. The molecule has 6 nitrogen and oxygen atoms in total. The SMILES string of the molecule is CCC(Sc1cccc(NC(=O)c2ccc(OC)c(OC)c2)c1)C(=O)Nc1ccc(I)cc1. The molecule has 8 heteroatoms. The first kappa shape index (κ1) is 24.9. The second-order valence-electron chi connectivity index (χ2n) is 7.06. The molecule has 0 aromatic heterocycles. The van der Waals surface area contributed by atoms with Gasteiger partial charge < -0.3 is 20.1 Å². The number of carbonyl (C=O) groups excluding carboxylic acids is 2. The van der Waals surface area contributed by atoms with Gasteiger partial charge in [-0.05, 0) is 89.7 Å². The predicted octanol–water partition coefficient (Wildman–Crippen LogP) is 6.07. The molecule has 172 valence electrons. The van der Waals surface area contributed by atoms with Crippen molar-refractivity contribution in [1.29, 1.82) is 0 Å². The minimum atomic E-state index is -0.263. The zero-order valence-corrected chi connectivity index (χ0v) is 21.5. The monoisotopic (exact) mass is 576 g/mol. The van der Waals surface area contributed by atoms with Gasteiger partial charge in [0, 0.05) is 25.4 Å². The molecule has 0 fully saturated rings. The van der Waals surface area contributed by atoms with Gasteiger partial charge in [0.1, 0.15) is 0 Å². The molecule has 0 saturated heterocycles. The highest BCUT2D eigenvalue weighted by atomic mass is 127. The van der Waals surface area contributed by atoms with Crippen molar-refractivity contribution in [1.82, 2.24) is 0 Å². The van der Waals surface area contributed by atoms with Crippen molar-refractivity contribution < 1.29 is 19.1 Å². The Morgan fingerprint density at radius 1 is 0.909 bits per heavy atom. The van der Waals surface area contributed by atoms with Crippen LogP contribution in [-0.2, 0) is 4.79 Å². The van der Waals surface area contributed by atoms with Crippen LogP contribution in [0.2, 0.25) is 0 Å². The standard InChI is InChI=1S/C25H25IN2O4S/c1-4-23(25(30)27-18-11-9-17(26)10-12-18)33-20-7-5-6-19(15-20)28-24(29)16-8-13-21(31-2)22(14-16)32-3/h5-15,23H,4H2,1-3H3,(H,27,30)(H,28,29). The fourth-order valence-electron chi connectivity index (χ4n) is 3.07. The van der Waals surface area contributed by atoms with Crippen LogP contribution in [0, 0.1) is 3.57 Å². The van der Waals surface area contributed by atoms with Crippen molar-refractivity contribution in [3.8, 4) is 11.5 Å². The second-order valence-corrected chi connectivity index (χ2v) is 9.58. The van der Waals surface area contributed by atoms with Gasteiger partial charge in [0.05, 0.1) is 19.5 Å². The minimum absolute atomic E-state index is 0.0523. The van der Waals surface area contributed by atoms with Crippen LogP contribution in [0.3, 0.4) is 0 Å². The molecule has 1 atom stereocenters. The third-order valence-corrected chi connectivity index (χ3v) is 6.87. The summed E-state index contributed by atoms with van der Waals surface area (Å²) in [6.45, 7) is 1.98. The number of methoxy groups -OCH3 is 2. The summed E-state index contributed by atoms with van der Waals surface area (Å²) in [4.78, 5) is 26.4. The van der Waals surface area contributed by atoms with Crippen LogP contribution in [-0.4, -0.2) is 31.3 Å². The number of amides is 2. The number of rotatable bonds is 9. The second kappa shape index (κ2) is 11.9. The van der Waals surface area contributed by atoms with Crippen LogP contribution >= 0.6 is 34.4 Å². The Morgan fingerprint density at radius 2 is 1.64 bits per heavy atom. The van der Waals surface area contributed by atoms with Gasteiger partial charge in [-0.25, -0.2) is 0 Å². The lowest BCUT2D eigenvalue weighted by Crippen LogP contribution is -2.24. The Bertz CT molecular complexity index is 1120. The number of benzene rings is 3. The number of carbonyl (C=O) groups is 2. The molecular formula is C25H25IN2O4S. The summed E-state index contributed by atoms with van der Waals surface area (Å²) in [5.41, 5.74) is 1.87. The lowest BCUT2D eigenvalue weighted by Gasteiger charge is -2.16. The average Bonchev–Trinajstić information content (AvgIpc) is 2.83. The third kappa shape index (κ3) is 6.88. The van der Waals surface area contributed by atoms with Gasteiger partial charge in [0.2, 0.25) is 5.91 Å². The van der Waals surface area contributed by atoms with Crippen molar-refractivity contribution in [2.24, 2.45) is 0 Å². The number of thioether (sulfide) groups is 1. The normalized spacial score (nSPS) is 11.4. The molecule has 0 aliphatic rings. The van der Waals surface area contributed by atoms with Gasteiger partial charge in [0.15, 0.2) is 11.5 Å². The molecule has 2 N–H and O–H groups in total. The van der Waals surface area contributed by atoms with Crippen LogP contribution in [0.1, 0.15) is 23.7 Å². The van der Waals surface area contributed by atoms with Crippen molar-refractivity contribution >= 4 is 57.5 Å². The number of nitrogens with one attached hydrogen (secondary N) is 2. The van der Waals surface area contributed by atoms with E-state index in [-0.39, 0.29) is 17.1 Å². The summed E-state index contributed by atoms with van der Waals surface area (Å²) >= 11 is 3.69. The summed E-state index contributed by atoms with van der Waals surface area (Å²) < 4.78 is 11.6. The summed E-state index contributed by atoms with van der Waals surface area (Å²) in [7, 11) is 3.07. The largest absolute Gasteiger partial charge is 0.493 e. The molecular weight excluding hydrogens is 551 g/mol. The first-order valence-electron chi connectivity index (χ1n) is 10.3. The zero-order chi connectivity index (χ0) is 23.8. The molecule has 33 heavy (non-hydrogen) atoms. The van der Waals surface area contributed by atoms with Crippen LogP contribution in [0.5, 0.6) is 11.5 Å². The van der Waals surface area contributed by atoms with E-state index in [4.69, 9.17) is 9.47 Å². The molecule has 0 aliphatic heterocycles. The molecule has 0 saturated carbocycles. The van der Waals surface area contributed by atoms with Gasteiger partial charge >= 0.3 is 0 Å². The average molecular weight is 576 g/mol. The highest BCUT2D eigenvalue weighted by molar-refractivity contribution is 14.1. The van der Waals surface area contributed by atoms with E-state index >= 15 is 0 Å². The van der Waals surface area contributed by atoms with Crippen molar-refractivity contribution in [3.63, 3.8) is 0 Å². The van der Waals surface area contributed by atoms with Crippen LogP contribution in [0.25, 0.3) is 0 Å². The maximum Gasteiger partial charge on any atom is 0.255 e. The van der Waals surface area contributed by atoms with Gasteiger partial charge in [0.25, 0.3) is 5.91 Å². The Morgan fingerprint density at radius 3 is 2.30 bits per heavy atom. The van der Waals surface area contributed by atoms with Crippen LogP contribution in [0.4, 0.5) is 11.4 Å². The molecule has 0 heterocycles. The third-order valence-electron chi connectivity index (χ3n) is 4.79. The molecule has 0 aliphatic carbocycles. The number of halogens is 1. The highest BCUT2D eigenvalue weighted by Gasteiger charge is 2.19. The predicted molar refractivity (Wildman–Crippen MR) is 142 cm³/mol. The van der Waals surface area contributed by atoms with E-state index < -0.39 is 0 Å². The summed E-state index contributed by atoms with van der Waals surface area (Å²) in [5.74, 6) is 0.728. The lowest BCUT2D eigenvalue weighted by molar-refractivity contribution is -0.115. The van der Waals surface area contributed by atoms with Gasteiger partial charge in [-0.1, -0.05) is 13.0 Å². The summed E-state index contributed by atoms with van der Waals surface area (Å²) in [6, 6.07) is 20.2. The number of hydrogen-bond donors (Lipinski definition) is 2. The van der Waals surface area contributed by atoms with E-state index in [0.29, 0.717) is 29.2 Å². The Hall–Kier alpha value is -2.72. The van der Waals surface area contributed by atoms with Gasteiger partial charge in [-0.15, -0.1) is 11.8 Å². The maximum absolute atomic E-state index is 12.8. The molecule has 3 aromatic carbocycles. The minimum Gasteiger partial charge on any atom is -0.493 e. The van der Waals surface area contributed by atoms with E-state index in [2.05, 4.69) is 33.2 Å². The first-order valence-corrected chi connectivity index (χ1v) is 12.3. The quantitative estimate of drug-likeness (QED) is 0.239. The van der Waals surface area contributed by atoms with Crippen molar-refractivity contribution in [2.45, 2.75) is 23.5 Å². The maximum atomic E-state index is 12.8. The number of anilines is 2. The molecule has 2 amide bonds. The Balaban J connectivity index is 1.67. The molecule has 3 aromatic rings. The van der Waals surface area contributed by atoms with E-state index in [0.717, 1.165) is 14.2 Å². The topological polar surface area (TPSA) is 76.7 Å². The first-order chi connectivity index (χ1) is 15.9. The van der Waals surface area contributed by atoms with Crippen molar-refractivity contribution in [2.75, 3.05) is 24.9 Å². The van der Waals surface area contributed by atoms with Gasteiger partial charge in [-0.2, -0.15) is 0 Å². The summed E-state index contributed by atoms with van der Waals surface area (Å²) in [5, 5.41) is 5.61. The van der Waals surface area contributed by atoms with E-state index in [1.54, 1.807) is 25.3 Å². The molecule has 3 rings (SSSR count). The fourth-order valence-corrected chi connectivity index (χ4v) is 4.44. The van der Waals surface area contributed by atoms with Crippen molar-refractivity contribution in [3.05, 3.63) is 75.9 Å². The van der Waals surface area contributed by atoms with Gasteiger partial charge in [-0.3, -0.25) is 9.59 Å². The Kier molecular flexibility index (Phi) is 9.02. The van der Waals surface area contributed by atoms with E-state index in [9.17, 15) is 9.59 Å². The smallest absolute Gasteiger partial charge is 0.255 e. The molecule has 1 unspecified atom stereocenters. The molecule has 0 spiro atoms. The lowest BCUT2D eigenvalue weighted by atomic mass is 10.2. The van der Waals surface area contributed by atoms with Crippen LogP contribution < -0.4 is 20.1 Å². The van der Waals surface area contributed by atoms with Crippen LogP contribution in [0.15, 0.2) is 71.6 Å². The molecule has 0 radical (unpaired) electrons. The number of hydrogen-bond acceptors (Lipinski definition) is 5. The molecule has 0 bridgehead atoms. The summed E-state index contributed by atoms with van der Waals surface area (Å²) in [6.07, 6.45) is 0.670. The Labute approximate surface area is 211 Å².